The molecule has 2 atom stereocenters. The number of hydrogen-bond donors (Lipinski definition) is 2. The molecule has 2 amide bonds. The Morgan fingerprint density at radius 2 is 1.36 bits per heavy atom. The van der Waals surface area contributed by atoms with Gasteiger partial charge in [-0.05, 0) is 167 Å². The van der Waals surface area contributed by atoms with Crippen molar-refractivity contribution in [2.75, 3.05) is 23.9 Å². The largest absolute Gasteiger partial charge is 0.497 e. The predicted octanol–water partition coefficient (Wildman–Crippen LogP) is 17.4. The van der Waals surface area contributed by atoms with Crippen molar-refractivity contribution in [1.29, 1.82) is 0 Å². The van der Waals surface area contributed by atoms with E-state index in [1.807, 2.05) is 97.9 Å². The van der Waals surface area contributed by atoms with E-state index in [1.165, 1.54) is 61.8 Å². The average molecular weight is 1060 g/mol. The van der Waals surface area contributed by atoms with Gasteiger partial charge in [0.1, 0.15) is 17.2 Å². The summed E-state index contributed by atoms with van der Waals surface area (Å²) in [5, 5.41) is 17.7. The summed E-state index contributed by atoms with van der Waals surface area (Å²) in [6.45, 7) is 11.6. The minimum Gasteiger partial charge on any atom is -0.497 e. The number of aliphatic hydroxyl groups excluding tert-OH is 1. The lowest BCUT2D eigenvalue weighted by Gasteiger charge is -2.38. The second-order valence-corrected chi connectivity index (χ2v) is 23.2. The summed E-state index contributed by atoms with van der Waals surface area (Å²) >= 11 is 0. The van der Waals surface area contributed by atoms with Gasteiger partial charge in [0.15, 0.2) is 11.8 Å². The van der Waals surface area contributed by atoms with E-state index < -0.39 is 17.2 Å². The van der Waals surface area contributed by atoms with Gasteiger partial charge in [-0.3, -0.25) is 14.5 Å². The van der Waals surface area contributed by atoms with Crippen LogP contribution in [0, 0.1) is 12.8 Å². The zero-order chi connectivity index (χ0) is 55.3. The highest BCUT2D eigenvalue weighted by atomic mass is 16.5. The highest BCUT2D eigenvalue weighted by Crippen LogP contribution is 2.61. The zero-order valence-corrected chi connectivity index (χ0v) is 47.0. The molecular formula is C72H72N2O6. The van der Waals surface area contributed by atoms with Gasteiger partial charge in [-0.25, -0.2) is 0 Å². The number of benzene rings is 8. The third-order valence-corrected chi connectivity index (χ3v) is 17.9. The number of methoxy groups -OCH3 is 1. The van der Waals surface area contributed by atoms with Crippen LogP contribution in [0.25, 0.3) is 39.1 Å². The second kappa shape index (κ2) is 21.6. The maximum Gasteiger partial charge on any atom is 0.261 e. The molecule has 2 heterocycles. The van der Waals surface area contributed by atoms with Crippen molar-refractivity contribution in [3.8, 4) is 39.5 Å². The number of nitrogens with zero attached hydrogens (tertiary/aromatic N) is 1. The summed E-state index contributed by atoms with van der Waals surface area (Å²) < 4.78 is 19.3. The number of fused-ring (bicyclic) bond motifs is 10. The van der Waals surface area contributed by atoms with Gasteiger partial charge in [0, 0.05) is 50.0 Å². The maximum atomic E-state index is 14.9. The Morgan fingerprint density at radius 3 is 2.01 bits per heavy atom. The smallest absolute Gasteiger partial charge is 0.261 e. The first-order valence-corrected chi connectivity index (χ1v) is 29.1. The zero-order valence-electron chi connectivity index (χ0n) is 47.0. The van der Waals surface area contributed by atoms with Crippen LogP contribution < -0.4 is 24.4 Å². The third kappa shape index (κ3) is 9.25. The molecule has 0 saturated heterocycles. The van der Waals surface area contributed by atoms with Crippen LogP contribution in [0.1, 0.15) is 169 Å². The molecule has 0 bridgehead atoms. The number of ether oxygens (including phenoxy) is 3. The molecule has 1 saturated carbocycles. The molecule has 2 aliphatic heterocycles. The Hall–Kier alpha value is -7.94. The highest BCUT2D eigenvalue weighted by molar-refractivity contribution is 6.16. The van der Waals surface area contributed by atoms with Crippen molar-refractivity contribution in [3.63, 3.8) is 0 Å². The lowest BCUT2D eigenvalue weighted by atomic mass is 9.76. The fourth-order valence-corrected chi connectivity index (χ4v) is 13.5. The van der Waals surface area contributed by atoms with Crippen molar-refractivity contribution >= 4 is 40.0 Å². The minimum absolute atomic E-state index is 0.132. The van der Waals surface area contributed by atoms with E-state index in [9.17, 15) is 14.7 Å². The van der Waals surface area contributed by atoms with E-state index in [0.717, 1.165) is 102 Å². The summed E-state index contributed by atoms with van der Waals surface area (Å²) in [5.41, 5.74) is 12.6. The van der Waals surface area contributed by atoms with Crippen LogP contribution in [0.5, 0.6) is 17.2 Å². The lowest BCUT2D eigenvalue weighted by Crippen LogP contribution is -2.35. The van der Waals surface area contributed by atoms with Crippen molar-refractivity contribution in [2.45, 2.75) is 122 Å². The Bertz CT molecular complexity index is 3650. The number of anilines is 2. The number of carbonyl (C=O) groups excluding carboxylic acids is 2. The third-order valence-electron chi connectivity index (χ3n) is 17.9. The summed E-state index contributed by atoms with van der Waals surface area (Å²) in [5.74, 6) is 3.42. The monoisotopic (exact) mass is 1060 g/mol. The second-order valence-electron chi connectivity index (χ2n) is 23.2. The first kappa shape index (κ1) is 52.7. The first-order chi connectivity index (χ1) is 38.9. The number of unbranched alkanes of at least 4 members (excludes halogenated alkanes) is 3. The van der Waals surface area contributed by atoms with Crippen molar-refractivity contribution in [1.82, 2.24) is 0 Å². The molecule has 0 aromatic heterocycles. The fraction of sp³-hybridized carbons (Fsp3) is 0.306. The van der Waals surface area contributed by atoms with Gasteiger partial charge in [0.05, 0.1) is 19.3 Å². The number of rotatable bonds is 16. The lowest BCUT2D eigenvalue weighted by molar-refractivity contribution is 0.0934. The predicted molar refractivity (Wildman–Crippen MR) is 323 cm³/mol. The van der Waals surface area contributed by atoms with Gasteiger partial charge >= 0.3 is 0 Å². The average Bonchev–Trinajstić information content (AvgIpc) is 3.78. The van der Waals surface area contributed by atoms with Crippen LogP contribution in [0.15, 0.2) is 158 Å². The molecule has 4 aliphatic rings. The molecule has 2 aliphatic carbocycles. The van der Waals surface area contributed by atoms with Gasteiger partial charge in [-0.2, -0.15) is 0 Å². The van der Waals surface area contributed by atoms with Crippen molar-refractivity contribution in [3.05, 3.63) is 213 Å². The standard InChI is InChI=1S/C72H72N2O6/c1-7-9-11-14-46-17-19-47(20-18-46)48-21-23-51(24-22-48)68(75)73-54-33-25-49(26-34-54)50-27-35-55(36-28-50)74-69(76)62-45(3)44-61-64(65(62)70(74)77)63-58-15-12-13-16-59(58)67-60(66(63)71(61,4)5)41-42-72(80-67,52-29-37-56(78-6)38-30-52)53-31-39-57(40-32-53)79-43-10-8-2/h12-13,15-16,21-42,44,46-47,70,77H,7-11,14,17-20,43H2,1-6H3,(H,73,75). The Balaban J connectivity index is 0.812. The molecule has 0 radical (unpaired) electrons. The SMILES string of the molecule is CCCCCC1CCC(c2ccc(C(=O)Nc3ccc(-c4ccc(N5C(=O)c6c(C)cc7c(c6C5O)-c5c(c6c(c8ccccc58)OC(c5ccc(OC)cc5)(c5ccc(OCCCC)cc5)C=C6)C7(C)C)cc4)cc3)cc2)CC1. The van der Waals surface area contributed by atoms with Crippen LogP contribution in [-0.2, 0) is 11.0 Å². The molecule has 406 valence electrons. The number of carbonyl (C=O) groups is 2. The molecule has 12 rings (SSSR count). The van der Waals surface area contributed by atoms with E-state index in [4.69, 9.17) is 14.2 Å². The number of nitrogens with one attached hydrogen (secondary N) is 1. The van der Waals surface area contributed by atoms with Crippen molar-refractivity contribution in [2.24, 2.45) is 5.92 Å². The Labute approximate surface area is 471 Å². The minimum atomic E-state index is -1.24. The molecule has 2 unspecified atom stereocenters. The highest BCUT2D eigenvalue weighted by Gasteiger charge is 2.49. The summed E-state index contributed by atoms with van der Waals surface area (Å²) in [7, 11) is 1.67. The molecule has 1 fully saturated rings. The summed E-state index contributed by atoms with van der Waals surface area (Å²) in [6.07, 6.45) is 15.6. The number of aryl methyl sites for hydroxylation is 1. The van der Waals surface area contributed by atoms with E-state index in [1.54, 1.807) is 7.11 Å². The number of hydrogen-bond acceptors (Lipinski definition) is 6. The quantitative estimate of drug-likeness (QED) is 0.0936. The molecular weight excluding hydrogens is 989 g/mol. The summed E-state index contributed by atoms with van der Waals surface area (Å²) in [4.78, 5) is 29.8. The van der Waals surface area contributed by atoms with Gasteiger partial charge in [-0.15, -0.1) is 0 Å². The molecule has 8 aromatic carbocycles. The van der Waals surface area contributed by atoms with E-state index in [0.29, 0.717) is 40.6 Å². The first-order valence-electron chi connectivity index (χ1n) is 29.1. The molecule has 2 N–H and O–H groups in total. The van der Waals surface area contributed by atoms with Gasteiger partial charge in [-0.1, -0.05) is 157 Å². The van der Waals surface area contributed by atoms with E-state index in [-0.39, 0.29) is 11.8 Å². The van der Waals surface area contributed by atoms with Crippen LogP contribution in [0.3, 0.4) is 0 Å². The van der Waals surface area contributed by atoms with Crippen LogP contribution in [-0.4, -0.2) is 30.6 Å². The normalized spacial score (nSPS) is 19.5. The van der Waals surface area contributed by atoms with Crippen LogP contribution in [0.4, 0.5) is 11.4 Å². The maximum absolute atomic E-state index is 14.9. The van der Waals surface area contributed by atoms with Gasteiger partial charge < -0.3 is 24.6 Å². The molecule has 80 heavy (non-hydrogen) atoms. The summed E-state index contributed by atoms with van der Waals surface area (Å²) in [6, 6.07) is 50.7. The molecule has 0 spiro atoms. The Kier molecular flexibility index (Phi) is 14.2. The molecule has 8 aromatic rings. The van der Waals surface area contributed by atoms with Crippen LogP contribution in [0.2, 0.25) is 0 Å². The van der Waals surface area contributed by atoms with Gasteiger partial charge in [0.25, 0.3) is 11.8 Å². The van der Waals surface area contributed by atoms with E-state index in [2.05, 4.69) is 106 Å². The molecule has 8 nitrogen and oxygen atoms in total. The topological polar surface area (TPSA) is 97.3 Å². The van der Waals surface area contributed by atoms with E-state index >= 15 is 0 Å². The fourth-order valence-electron chi connectivity index (χ4n) is 13.5. The number of amides is 2. The number of aliphatic hydroxyl groups is 1. The molecule has 8 heteroatoms. The van der Waals surface area contributed by atoms with Gasteiger partial charge in [0.2, 0.25) is 0 Å². The van der Waals surface area contributed by atoms with Crippen LogP contribution >= 0.6 is 0 Å². The van der Waals surface area contributed by atoms with Crippen molar-refractivity contribution < 1.29 is 28.9 Å². The Morgan fingerprint density at radius 1 is 0.725 bits per heavy atom.